The van der Waals surface area contributed by atoms with E-state index in [4.69, 9.17) is 17.3 Å². The van der Waals surface area contributed by atoms with Crippen LogP contribution in [0.15, 0.2) is 18.2 Å². The minimum atomic E-state index is -3.31. The number of rotatable bonds is 5. The molecule has 0 aliphatic carbocycles. The standard InChI is InChI=1S/C11H15ClFNO2S/c1-2-10(14)7-17(15,16)6-8-3-4-9(13)5-11(8)12/h3-5,10H,2,6-7,14H2,1H3. The summed E-state index contributed by atoms with van der Waals surface area (Å²) in [5.74, 6) is -0.779. The molecule has 3 nitrogen and oxygen atoms in total. The van der Waals surface area contributed by atoms with Crippen LogP contribution in [0.2, 0.25) is 5.02 Å². The largest absolute Gasteiger partial charge is 0.327 e. The van der Waals surface area contributed by atoms with Gasteiger partial charge in [0.25, 0.3) is 0 Å². The molecule has 96 valence electrons. The highest BCUT2D eigenvalue weighted by atomic mass is 35.5. The Kier molecular flexibility index (Phi) is 4.91. The zero-order valence-electron chi connectivity index (χ0n) is 9.49. The van der Waals surface area contributed by atoms with Gasteiger partial charge in [-0.1, -0.05) is 24.6 Å². The number of hydrogen-bond acceptors (Lipinski definition) is 3. The lowest BCUT2D eigenvalue weighted by atomic mass is 10.2. The summed E-state index contributed by atoms with van der Waals surface area (Å²) >= 11 is 5.77. The zero-order chi connectivity index (χ0) is 13.1. The molecule has 1 rings (SSSR count). The number of benzene rings is 1. The molecule has 0 heterocycles. The Morgan fingerprint density at radius 3 is 2.65 bits per heavy atom. The summed E-state index contributed by atoms with van der Waals surface area (Å²) < 4.78 is 36.3. The maximum absolute atomic E-state index is 12.8. The van der Waals surface area contributed by atoms with Crippen molar-refractivity contribution in [3.05, 3.63) is 34.6 Å². The Morgan fingerprint density at radius 2 is 2.12 bits per heavy atom. The minimum Gasteiger partial charge on any atom is -0.327 e. The average molecular weight is 280 g/mol. The van der Waals surface area contributed by atoms with Crippen molar-refractivity contribution in [2.24, 2.45) is 5.73 Å². The highest BCUT2D eigenvalue weighted by Crippen LogP contribution is 2.20. The molecule has 0 bridgehead atoms. The summed E-state index contributed by atoms with van der Waals surface area (Å²) in [6.07, 6.45) is 0.594. The molecule has 0 aromatic heterocycles. The highest BCUT2D eigenvalue weighted by molar-refractivity contribution is 7.90. The zero-order valence-corrected chi connectivity index (χ0v) is 11.1. The van der Waals surface area contributed by atoms with Gasteiger partial charge in [0.1, 0.15) is 5.82 Å². The molecule has 0 aliphatic heterocycles. The van der Waals surface area contributed by atoms with Crippen molar-refractivity contribution in [3.8, 4) is 0 Å². The maximum atomic E-state index is 12.8. The van der Waals surface area contributed by atoms with Gasteiger partial charge < -0.3 is 5.73 Å². The van der Waals surface area contributed by atoms with Gasteiger partial charge in [-0.2, -0.15) is 0 Å². The Balaban J connectivity index is 2.83. The van der Waals surface area contributed by atoms with Crippen molar-refractivity contribution in [2.45, 2.75) is 25.1 Å². The summed E-state index contributed by atoms with van der Waals surface area (Å²) in [6, 6.07) is 3.30. The van der Waals surface area contributed by atoms with Crippen molar-refractivity contribution in [1.29, 1.82) is 0 Å². The Hall–Kier alpha value is -0.650. The molecule has 0 saturated heterocycles. The molecule has 1 atom stereocenters. The fourth-order valence-electron chi connectivity index (χ4n) is 1.38. The molecule has 1 aromatic rings. The third kappa shape index (κ3) is 4.61. The van der Waals surface area contributed by atoms with Gasteiger partial charge in [-0.25, -0.2) is 12.8 Å². The predicted molar refractivity (Wildman–Crippen MR) is 67.2 cm³/mol. The molecule has 2 N–H and O–H groups in total. The molecule has 0 fully saturated rings. The molecule has 0 radical (unpaired) electrons. The van der Waals surface area contributed by atoms with E-state index < -0.39 is 15.7 Å². The fraction of sp³-hybridized carbons (Fsp3) is 0.455. The van der Waals surface area contributed by atoms with Gasteiger partial charge >= 0.3 is 0 Å². The van der Waals surface area contributed by atoms with E-state index in [1.54, 1.807) is 0 Å². The van der Waals surface area contributed by atoms with E-state index in [1.807, 2.05) is 6.92 Å². The lowest BCUT2D eigenvalue weighted by Crippen LogP contribution is -2.29. The topological polar surface area (TPSA) is 60.2 Å². The second-order valence-corrected chi connectivity index (χ2v) is 6.47. The van der Waals surface area contributed by atoms with Crippen LogP contribution in [0.1, 0.15) is 18.9 Å². The summed E-state index contributed by atoms with van der Waals surface area (Å²) in [5.41, 5.74) is 6.00. The highest BCUT2D eigenvalue weighted by Gasteiger charge is 2.17. The molecule has 1 aromatic carbocycles. The molecule has 0 aliphatic rings. The Bertz CT molecular complexity index is 490. The number of hydrogen-bond donors (Lipinski definition) is 1. The van der Waals surface area contributed by atoms with Crippen molar-refractivity contribution in [3.63, 3.8) is 0 Å². The number of nitrogens with two attached hydrogens (primary N) is 1. The normalized spacial score (nSPS) is 13.6. The summed E-state index contributed by atoms with van der Waals surface area (Å²) in [7, 11) is -3.31. The average Bonchev–Trinajstić information content (AvgIpc) is 2.21. The van der Waals surface area contributed by atoms with E-state index in [-0.39, 0.29) is 22.6 Å². The van der Waals surface area contributed by atoms with Gasteiger partial charge in [-0.15, -0.1) is 0 Å². The predicted octanol–water partition coefficient (Wildman–Crippen LogP) is 2.13. The van der Waals surface area contributed by atoms with Gasteiger partial charge in [0, 0.05) is 11.1 Å². The maximum Gasteiger partial charge on any atom is 0.156 e. The molecule has 0 spiro atoms. The van der Waals surface area contributed by atoms with Crippen LogP contribution in [0.25, 0.3) is 0 Å². The molecular weight excluding hydrogens is 265 g/mol. The van der Waals surface area contributed by atoms with Crippen LogP contribution in [-0.2, 0) is 15.6 Å². The third-order valence-corrected chi connectivity index (χ3v) is 4.42. The first-order valence-corrected chi connectivity index (χ1v) is 7.44. The molecule has 0 saturated carbocycles. The van der Waals surface area contributed by atoms with Crippen molar-refractivity contribution in [1.82, 2.24) is 0 Å². The molecule has 0 amide bonds. The van der Waals surface area contributed by atoms with E-state index in [0.29, 0.717) is 12.0 Å². The van der Waals surface area contributed by atoms with Crippen LogP contribution in [0, 0.1) is 5.82 Å². The van der Waals surface area contributed by atoms with Gasteiger partial charge in [0.05, 0.1) is 11.5 Å². The van der Waals surface area contributed by atoms with Crippen LogP contribution in [0.4, 0.5) is 4.39 Å². The van der Waals surface area contributed by atoms with Gasteiger partial charge in [-0.3, -0.25) is 0 Å². The third-order valence-electron chi connectivity index (χ3n) is 2.38. The smallest absolute Gasteiger partial charge is 0.156 e. The van der Waals surface area contributed by atoms with E-state index >= 15 is 0 Å². The van der Waals surface area contributed by atoms with E-state index in [0.717, 1.165) is 6.07 Å². The van der Waals surface area contributed by atoms with Crippen molar-refractivity contribution < 1.29 is 12.8 Å². The van der Waals surface area contributed by atoms with Crippen LogP contribution in [0.3, 0.4) is 0 Å². The summed E-state index contributed by atoms with van der Waals surface area (Å²) in [5, 5.41) is 0.124. The Labute approximate surface area is 106 Å². The minimum absolute atomic E-state index is 0.0861. The summed E-state index contributed by atoms with van der Waals surface area (Å²) in [6.45, 7) is 1.82. The quantitative estimate of drug-likeness (QED) is 0.898. The first-order valence-electron chi connectivity index (χ1n) is 5.24. The second kappa shape index (κ2) is 5.80. The van der Waals surface area contributed by atoms with Crippen LogP contribution in [-0.4, -0.2) is 20.2 Å². The lowest BCUT2D eigenvalue weighted by Gasteiger charge is -2.10. The first-order chi connectivity index (χ1) is 7.84. The molecule has 6 heteroatoms. The van der Waals surface area contributed by atoms with E-state index in [2.05, 4.69) is 0 Å². The van der Waals surface area contributed by atoms with E-state index in [1.165, 1.54) is 12.1 Å². The number of sulfone groups is 1. The van der Waals surface area contributed by atoms with Crippen LogP contribution < -0.4 is 5.73 Å². The first kappa shape index (κ1) is 14.4. The SMILES string of the molecule is CCC(N)CS(=O)(=O)Cc1ccc(F)cc1Cl. The van der Waals surface area contributed by atoms with Gasteiger partial charge in [-0.05, 0) is 24.1 Å². The molecule has 17 heavy (non-hydrogen) atoms. The monoisotopic (exact) mass is 279 g/mol. The fourth-order valence-corrected chi connectivity index (χ4v) is 3.42. The number of halogens is 2. The van der Waals surface area contributed by atoms with Crippen molar-refractivity contribution in [2.75, 3.05) is 5.75 Å². The summed E-state index contributed by atoms with van der Waals surface area (Å²) in [4.78, 5) is 0. The molecular formula is C11H15ClFNO2S. The van der Waals surface area contributed by atoms with Crippen molar-refractivity contribution >= 4 is 21.4 Å². The van der Waals surface area contributed by atoms with Crippen LogP contribution >= 0.6 is 11.6 Å². The lowest BCUT2D eigenvalue weighted by molar-refractivity contribution is 0.582. The molecule has 1 unspecified atom stereocenters. The van der Waals surface area contributed by atoms with Gasteiger partial charge in [0.2, 0.25) is 0 Å². The van der Waals surface area contributed by atoms with E-state index in [9.17, 15) is 12.8 Å². The Morgan fingerprint density at radius 1 is 1.47 bits per heavy atom. The second-order valence-electron chi connectivity index (χ2n) is 3.96. The van der Waals surface area contributed by atoms with Gasteiger partial charge in [0.15, 0.2) is 9.84 Å². The van der Waals surface area contributed by atoms with Crippen LogP contribution in [0.5, 0.6) is 0 Å².